The van der Waals surface area contributed by atoms with Gasteiger partial charge in [0, 0.05) is 12.8 Å². The van der Waals surface area contributed by atoms with Crippen LogP contribution in [0.1, 0.15) is 39.5 Å². The third-order valence-corrected chi connectivity index (χ3v) is 6.35. The molecule has 2 atom stereocenters. The lowest BCUT2D eigenvalue weighted by Gasteiger charge is -2.63. The quantitative estimate of drug-likeness (QED) is 0.681. The van der Waals surface area contributed by atoms with Gasteiger partial charge in [-0.1, -0.05) is 0 Å². The average molecular weight is 370 g/mol. The van der Waals surface area contributed by atoms with Crippen molar-refractivity contribution in [1.29, 1.82) is 0 Å². The Bertz CT molecular complexity index is 540. The lowest BCUT2D eigenvalue weighted by molar-refractivity contribution is -0.377. The van der Waals surface area contributed by atoms with Crippen LogP contribution in [0.5, 0.6) is 0 Å². The summed E-state index contributed by atoms with van der Waals surface area (Å²) >= 11 is 0. The van der Waals surface area contributed by atoms with Gasteiger partial charge in [0.1, 0.15) is 10.8 Å². The minimum atomic E-state index is -1.20. The van der Waals surface area contributed by atoms with E-state index in [1.165, 1.54) is 0 Å². The van der Waals surface area contributed by atoms with E-state index in [9.17, 15) is 9.59 Å². The molecule has 2 aliphatic heterocycles. The van der Waals surface area contributed by atoms with Crippen LogP contribution < -0.4 is 0 Å². The van der Waals surface area contributed by atoms with Crippen LogP contribution >= 0.6 is 0 Å². The predicted molar refractivity (Wildman–Crippen MR) is 85.9 cm³/mol. The van der Waals surface area contributed by atoms with Crippen molar-refractivity contribution in [3.05, 3.63) is 0 Å². The van der Waals surface area contributed by atoms with Crippen LogP contribution in [0.2, 0.25) is 0 Å². The fourth-order valence-corrected chi connectivity index (χ4v) is 5.25. The summed E-state index contributed by atoms with van der Waals surface area (Å²) in [5.74, 6) is -3.16. The van der Waals surface area contributed by atoms with Gasteiger partial charge in [0.2, 0.25) is 0 Å². The second kappa shape index (κ2) is 6.15. The van der Waals surface area contributed by atoms with Gasteiger partial charge < -0.3 is 28.4 Å². The Kier molecular flexibility index (Phi) is 4.30. The van der Waals surface area contributed by atoms with E-state index in [1.807, 2.05) is 0 Å². The summed E-state index contributed by atoms with van der Waals surface area (Å²) < 4.78 is 34.8. The molecule has 8 heteroatoms. The Balaban J connectivity index is 1.82. The summed E-state index contributed by atoms with van der Waals surface area (Å²) in [4.78, 5) is 26.1. The first kappa shape index (κ1) is 18.2. The summed E-state index contributed by atoms with van der Waals surface area (Å²) in [6, 6.07) is 0. The molecule has 0 N–H and O–H groups in total. The Labute approximate surface area is 152 Å². The SMILES string of the molecule is CCOC(=O)[C@@]12CC[C@](C(=O)OCC)(CC13OCCO3)C1(C2)OCCO1. The summed E-state index contributed by atoms with van der Waals surface area (Å²) in [6.07, 6.45) is 1.13. The lowest BCUT2D eigenvalue weighted by Crippen LogP contribution is -2.75. The molecule has 5 aliphatic rings. The van der Waals surface area contributed by atoms with E-state index in [1.54, 1.807) is 13.8 Å². The maximum absolute atomic E-state index is 13.1. The summed E-state index contributed by atoms with van der Waals surface area (Å²) in [5.41, 5.74) is -2.11. The molecule has 3 aliphatic carbocycles. The number of carbonyl (C=O) groups excluding carboxylic acids is 2. The standard InChI is InChI=1S/C18H26O8/c1-3-21-13(19)15-5-6-16(14(20)22-4-2,12-17(15)23-7-8-24-17)18(11-15)25-9-10-26-18/h3-12H2,1-2H3/t15-,16+. The monoisotopic (exact) mass is 370 g/mol. The number of hydrogen-bond acceptors (Lipinski definition) is 8. The Morgan fingerprint density at radius 3 is 1.38 bits per heavy atom. The van der Waals surface area contributed by atoms with Crippen LogP contribution in [0.4, 0.5) is 0 Å². The molecule has 3 saturated carbocycles. The molecule has 0 aromatic rings. The molecule has 0 radical (unpaired) electrons. The van der Waals surface area contributed by atoms with Crippen molar-refractivity contribution >= 4 is 11.9 Å². The molecule has 146 valence electrons. The zero-order chi connectivity index (χ0) is 18.5. The van der Waals surface area contributed by atoms with E-state index in [4.69, 9.17) is 28.4 Å². The second-order valence-corrected chi connectivity index (χ2v) is 7.36. The first-order valence-electron chi connectivity index (χ1n) is 9.40. The second-order valence-electron chi connectivity index (χ2n) is 7.36. The number of fused-ring (bicyclic) bond motifs is 1. The number of esters is 2. The normalized spacial score (nSPS) is 36.5. The maximum Gasteiger partial charge on any atom is 0.317 e. The third kappa shape index (κ3) is 2.10. The number of carbonyl (C=O) groups is 2. The average Bonchev–Trinajstić information content (AvgIpc) is 3.28. The lowest BCUT2D eigenvalue weighted by atomic mass is 9.47. The highest BCUT2D eigenvalue weighted by atomic mass is 16.8. The van der Waals surface area contributed by atoms with E-state index in [2.05, 4.69) is 0 Å². The number of ether oxygens (including phenoxy) is 6. The van der Waals surface area contributed by atoms with Gasteiger partial charge in [-0.3, -0.25) is 9.59 Å². The van der Waals surface area contributed by atoms with Crippen molar-refractivity contribution < 1.29 is 38.0 Å². The molecule has 0 amide bonds. The van der Waals surface area contributed by atoms with Gasteiger partial charge in [-0.25, -0.2) is 0 Å². The van der Waals surface area contributed by atoms with Gasteiger partial charge >= 0.3 is 11.9 Å². The van der Waals surface area contributed by atoms with Crippen molar-refractivity contribution in [2.75, 3.05) is 39.6 Å². The first-order valence-corrected chi connectivity index (χ1v) is 9.40. The van der Waals surface area contributed by atoms with Crippen molar-refractivity contribution in [2.45, 2.75) is 51.1 Å². The highest BCUT2D eigenvalue weighted by molar-refractivity contribution is 5.84. The van der Waals surface area contributed by atoms with Gasteiger partial charge in [0.05, 0.1) is 39.6 Å². The summed E-state index contributed by atoms with van der Waals surface area (Å²) in [7, 11) is 0. The van der Waals surface area contributed by atoms with E-state index >= 15 is 0 Å². The number of hydrogen-bond donors (Lipinski definition) is 0. The van der Waals surface area contributed by atoms with Crippen molar-refractivity contribution in [1.82, 2.24) is 0 Å². The molecule has 0 unspecified atom stereocenters. The van der Waals surface area contributed by atoms with Crippen LogP contribution in [0.15, 0.2) is 0 Å². The molecule has 2 spiro atoms. The fourth-order valence-electron chi connectivity index (χ4n) is 5.25. The van der Waals surface area contributed by atoms with Crippen LogP contribution in [-0.4, -0.2) is 63.2 Å². The Morgan fingerprint density at radius 2 is 1.08 bits per heavy atom. The predicted octanol–water partition coefficient (Wildman–Crippen LogP) is 1.16. The molecule has 5 fully saturated rings. The Morgan fingerprint density at radius 1 is 0.731 bits per heavy atom. The molecule has 8 nitrogen and oxygen atoms in total. The van der Waals surface area contributed by atoms with Crippen LogP contribution in [0.3, 0.4) is 0 Å². The van der Waals surface area contributed by atoms with E-state index < -0.39 is 22.4 Å². The van der Waals surface area contributed by atoms with Gasteiger partial charge in [-0.2, -0.15) is 0 Å². The zero-order valence-corrected chi connectivity index (χ0v) is 15.3. The Hall–Kier alpha value is -1.22. The van der Waals surface area contributed by atoms with E-state index in [-0.39, 0.29) is 38.0 Å². The molecule has 2 bridgehead atoms. The highest BCUT2D eigenvalue weighted by Crippen LogP contribution is 2.70. The topological polar surface area (TPSA) is 89.5 Å². The molecule has 2 heterocycles. The molecule has 0 aromatic heterocycles. The van der Waals surface area contributed by atoms with Crippen molar-refractivity contribution in [2.24, 2.45) is 10.8 Å². The van der Waals surface area contributed by atoms with Gasteiger partial charge in [-0.15, -0.1) is 0 Å². The summed E-state index contributed by atoms with van der Waals surface area (Å²) in [5, 5.41) is 0. The minimum absolute atomic E-state index is 0.164. The number of rotatable bonds is 4. The molecule has 2 saturated heterocycles. The fraction of sp³-hybridized carbons (Fsp3) is 0.889. The van der Waals surface area contributed by atoms with Crippen LogP contribution in [-0.2, 0) is 38.0 Å². The zero-order valence-electron chi connectivity index (χ0n) is 15.3. The molecular formula is C18H26O8. The minimum Gasteiger partial charge on any atom is -0.465 e. The van der Waals surface area contributed by atoms with E-state index in [0.29, 0.717) is 39.3 Å². The molecule has 26 heavy (non-hydrogen) atoms. The summed E-state index contributed by atoms with van der Waals surface area (Å²) in [6.45, 7) is 5.53. The van der Waals surface area contributed by atoms with Gasteiger partial charge in [0.25, 0.3) is 0 Å². The van der Waals surface area contributed by atoms with Crippen molar-refractivity contribution in [3.8, 4) is 0 Å². The van der Waals surface area contributed by atoms with Crippen LogP contribution in [0, 0.1) is 10.8 Å². The van der Waals surface area contributed by atoms with Gasteiger partial charge in [-0.05, 0) is 26.7 Å². The van der Waals surface area contributed by atoms with Crippen molar-refractivity contribution in [3.63, 3.8) is 0 Å². The van der Waals surface area contributed by atoms with E-state index in [0.717, 1.165) is 0 Å². The highest BCUT2D eigenvalue weighted by Gasteiger charge is 2.81. The van der Waals surface area contributed by atoms with Gasteiger partial charge in [0.15, 0.2) is 11.6 Å². The maximum atomic E-state index is 13.1. The first-order chi connectivity index (χ1) is 12.5. The van der Waals surface area contributed by atoms with Crippen LogP contribution in [0.25, 0.3) is 0 Å². The largest absolute Gasteiger partial charge is 0.465 e. The molecule has 0 aromatic carbocycles. The third-order valence-electron chi connectivity index (χ3n) is 6.35. The smallest absolute Gasteiger partial charge is 0.317 e. The molecular weight excluding hydrogens is 344 g/mol. The molecule has 5 rings (SSSR count).